The van der Waals surface area contributed by atoms with Crippen LogP contribution in [0.15, 0.2) is 0 Å². The largest absolute Gasteiger partial charge is 0.368 e. The summed E-state index contributed by atoms with van der Waals surface area (Å²) >= 11 is 0. The van der Waals surface area contributed by atoms with Crippen LogP contribution in [0.5, 0.6) is 0 Å². The second-order valence-corrected chi connectivity index (χ2v) is 13.0. The molecule has 32 heavy (non-hydrogen) atoms. The molecule has 2 rings (SSSR count). The molecule has 4 heteroatoms. The Morgan fingerprint density at radius 2 is 1.62 bits per heavy atom. The zero-order valence-corrected chi connectivity index (χ0v) is 22.7. The van der Waals surface area contributed by atoms with E-state index in [0.29, 0.717) is 30.8 Å². The minimum atomic E-state index is -0.782. The molecule has 0 aromatic heterocycles. The molecule has 0 bridgehead atoms. The quantitative estimate of drug-likeness (QED) is 0.332. The van der Waals surface area contributed by atoms with Crippen LogP contribution in [0.3, 0.4) is 0 Å². The number of ether oxygens (including phenoxy) is 3. The van der Waals surface area contributed by atoms with Crippen molar-refractivity contribution in [2.75, 3.05) is 6.61 Å². The van der Waals surface area contributed by atoms with E-state index < -0.39 is 6.29 Å². The highest BCUT2D eigenvalue weighted by Crippen LogP contribution is 2.51. The lowest BCUT2D eigenvalue weighted by Crippen LogP contribution is -2.39. The lowest BCUT2D eigenvalue weighted by molar-refractivity contribution is -0.226. The molecule has 0 aromatic carbocycles. The predicted octanol–water partition coefficient (Wildman–Crippen LogP) is 7.33. The minimum absolute atomic E-state index is 0.0541. The molecule has 0 aliphatic heterocycles. The molecule has 0 heterocycles. The molecule has 6 unspecified atom stereocenters. The number of rotatable bonds is 11. The van der Waals surface area contributed by atoms with E-state index in [1.54, 1.807) is 0 Å². The van der Waals surface area contributed by atoms with E-state index in [4.69, 9.17) is 14.2 Å². The molecule has 0 saturated heterocycles. The lowest BCUT2D eigenvalue weighted by Gasteiger charge is -2.37. The molecule has 2 aliphatic rings. The van der Waals surface area contributed by atoms with Gasteiger partial charge in [-0.1, -0.05) is 61.3 Å². The summed E-state index contributed by atoms with van der Waals surface area (Å²) < 4.78 is 18.6. The molecular weight excluding hydrogens is 400 g/mol. The molecule has 0 spiro atoms. The Hall–Kier alpha value is -0.160. The Balaban J connectivity index is 2.21. The summed E-state index contributed by atoms with van der Waals surface area (Å²) in [4.78, 5) is 0. The van der Waals surface area contributed by atoms with Gasteiger partial charge in [0, 0.05) is 13.0 Å². The van der Waals surface area contributed by atoms with Crippen LogP contribution in [0.25, 0.3) is 0 Å². The van der Waals surface area contributed by atoms with Crippen LogP contribution in [-0.4, -0.2) is 36.0 Å². The van der Waals surface area contributed by atoms with Crippen molar-refractivity contribution in [1.82, 2.24) is 0 Å². The maximum Gasteiger partial charge on any atom is 0.157 e. The van der Waals surface area contributed by atoms with Crippen molar-refractivity contribution in [3.8, 4) is 0 Å². The maximum absolute atomic E-state index is 11.1. The standard InChI is InChI=1S/C28H54O4/c1-10-28(14-12-13-15-28)32-25(29)18-24(31-20(3)30-11-2)23-17-22(27(7,8)9)16-21(23)19-26(4,5)6/h20-25,29H,10-19H2,1-9H3. The van der Waals surface area contributed by atoms with Gasteiger partial charge < -0.3 is 19.3 Å². The smallest absolute Gasteiger partial charge is 0.157 e. The van der Waals surface area contributed by atoms with Crippen molar-refractivity contribution in [2.24, 2.45) is 28.6 Å². The van der Waals surface area contributed by atoms with Crippen LogP contribution in [0.2, 0.25) is 0 Å². The Kier molecular flexibility index (Phi) is 10.1. The van der Waals surface area contributed by atoms with Crippen molar-refractivity contribution >= 4 is 0 Å². The number of aliphatic hydroxyl groups excluding tert-OH is 1. The summed E-state index contributed by atoms with van der Waals surface area (Å²) in [6.45, 7) is 21.0. The highest BCUT2D eigenvalue weighted by molar-refractivity contribution is 4.94. The Labute approximate surface area is 199 Å². The van der Waals surface area contributed by atoms with Gasteiger partial charge in [0.15, 0.2) is 12.6 Å². The monoisotopic (exact) mass is 454 g/mol. The van der Waals surface area contributed by atoms with E-state index in [2.05, 4.69) is 48.5 Å². The lowest BCUT2D eigenvalue weighted by atomic mass is 9.77. The van der Waals surface area contributed by atoms with Gasteiger partial charge in [-0.3, -0.25) is 0 Å². The van der Waals surface area contributed by atoms with Gasteiger partial charge in [-0.15, -0.1) is 0 Å². The Morgan fingerprint density at radius 3 is 2.12 bits per heavy atom. The second-order valence-electron chi connectivity index (χ2n) is 13.0. The van der Waals surface area contributed by atoms with Gasteiger partial charge in [0.05, 0.1) is 11.7 Å². The molecular formula is C28H54O4. The minimum Gasteiger partial charge on any atom is -0.368 e. The van der Waals surface area contributed by atoms with E-state index in [9.17, 15) is 5.11 Å². The SMILES string of the molecule is CCOC(C)OC(CC(O)OC1(CC)CCCC1)C1CC(C(C)(C)C)CC1CC(C)(C)C. The van der Waals surface area contributed by atoms with E-state index >= 15 is 0 Å². The third kappa shape index (κ3) is 8.25. The maximum atomic E-state index is 11.1. The predicted molar refractivity (Wildman–Crippen MR) is 132 cm³/mol. The number of aliphatic hydroxyl groups is 1. The Morgan fingerprint density at radius 1 is 1.00 bits per heavy atom. The highest BCUT2D eigenvalue weighted by Gasteiger charge is 2.46. The summed E-state index contributed by atoms with van der Waals surface area (Å²) in [5.41, 5.74) is 0.410. The van der Waals surface area contributed by atoms with Crippen LogP contribution in [0.4, 0.5) is 0 Å². The van der Waals surface area contributed by atoms with Crippen LogP contribution < -0.4 is 0 Å². The molecule has 0 radical (unpaired) electrons. The molecule has 6 atom stereocenters. The molecule has 4 nitrogen and oxygen atoms in total. The summed E-state index contributed by atoms with van der Waals surface area (Å²) in [7, 11) is 0. The first-order chi connectivity index (χ1) is 14.8. The van der Waals surface area contributed by atoms with Crippen LogP contribution in [-0.2, 0) is 14.2 Å². The van der Waals surface area contributed by atoms with E-state index in [0.717, 1.165) is 25.7 Å². The molecule has 2 saturated carbocycles. The molecule has 0 aromatic rings. The molecule has 2 aliphatic carbocycles. The highest BCUT2D eigenvalue weighted by atomic mass is 16.7. The van der Waals surface area contributed by atoms with Crippen LogP contribution in [0.1, 0.15) is 120 Å². The van der Waals surface area contributed by atoms with Gasteiger partial charge >= 0.3 is 0 Å². The second kappa shape index (κ2) is 11.5. The first kappa shape index (κ1) is 28.1. The molecule has 0 amide bonds. The third-order valence-corrected chi connectivity index (χ3v) is 8.07. The van der Waals surface area contributed by atoms with E-state index in [-0.39, 0.29) is 28.8 Å². The van der Waals surface area contributed by atoms with Crippen molar-refractivity contribution in [3.63, 3.8) is 0 Å². The fourth-order valence-corrected chi connectivity index (χ4v) is 6.30. The topological polar surface area (TPSA) is 47.9 Å². The zero-order valence-electron chi connectivity index (χ0n) is 22.7. The van der Waals surface area contributed by atoms with Crippen LogP contribution >= 0.6 is 0 Å². The van der Waals surface area contributed by atoms with Gasteiger partial charge in [0.2, 0.25) is 0 Å². The van der Waals surface area contributed by atoms with Gasteiger partial charge in [0.1, 0.15) is 0 Å². The van der Waals surface area contributed by atoms with Gasteiger partial charge in [-0.25, -0.2) is 0 Å². The summed E-state index contributed by atoms with van der Waals surface area (Å²) in [6.07, 6.45) is 8.48. The molecule has 190 valence electrons. The molecule has 1 N–H and O–H groups in total. The summed E-state index contributed by atoms with van der Waals surface area (Å²) in [6, 6.07) is 0. The van der Waals surface area contributed by atoms with Crippen molar-refractivity contribution in [2.45, 2.75) is 144 Å². The Bertz CT molecular complexity index is 541. The normalized spacial score (nSPS) is 29.2. The summed E-state index contributed by atoms with van der Waals surface area (Å²) in [5, 5.41) is 11.1. The third-order valence-electron chi connectivity index (χ3n) is 8.07. The fraction of sp³-hybridized carbons (Fsp3) is 1.00. The number of hydrogen-bond acceptors (Lipinski definition) is 4. The van der Waals surface area contributed by atoms with Crippen LogP contribution in [0, 0.1) is 28.6 Å². The average Bonchev–Trinajstić information content (AvgIpc) is 3.27. The van der Waals surface area contributed by atoms with Gasteiger partial charge in [-0.05, 0) is 81.0 Å². The first-order valence-electron chi connectivity index (χ1n) is 13.4. The first-order valence-corrected chi connectivity index (χ1v) is 13.4. The van der Waals surface area contributed by atoms with E-state index in [1.807, 2.05) is 13.8 Å². The van der Waals surface area contributed by atoms with Crippen molar-refractivity contribution in [1.29, 1.82) is 0 Å². The molecule has 2 fully saturated rings. The number of hydrogen-bond donors (Lipinski definition) is 1. The van der Waals surface area contributed by atoms with Gasteiger partial charge in [0.25, 0.3) is 0 Å². The van der Waals surface area contributed by atoms with E-state index in [1.165, 1.54) is 25.7 Å². The van der Waals surface area contributed by atoms with Crippen molar-refractivity contribution < 1.29 is 19.3 Å². The zero-order chi connectivity index (χ0) is 24.2. The van der Waals surface area contributed by atoms with Crippen molar-refractivity contribution in [3.05, 3.63) is 0 Å². The van der Waals surface area contributed by atoms with Gasteiger partial charge in [-0.2, -0.15) is 0 Å². The average molecular weight is 455 g/mol. The summed E-state index contributed by atoms with van der Waals surface area (Å²) in [5.74, 6) is 1.68. The fourth-order valence-electron chi connectivity index (χ4n) is 6.30.